The van der Waals surface area contributed by atoms with E-state index in [1.165, 1.54) is 5.56 Å². The van der Waals surface area contributed by atoms with E-state index in [1.807, 2.05) is 32.0 Å². The van der Waals surface area contributed by atoms with Gasteiger partial charge in [0.2, 0.25) is 5.75 Å². The van der Waals surface area contributed by atoms with E-state index in [4.69, 9.17) is 4.74 Å². The van der Waals surface area contributed by atoms with Gasteiger partial charge < -0.3 is 4.74 Å². The molecule has 0 heterocycles. The lowest BCUT2D eigenvalue weighted by molar-refractivity contribution is -0.385. The molecule has 0 saturated carbocycles. The van der Waals surface area contributed by atoms with Crippen LogP contribution in [0.5, 0.6) is 11.5 Å². The Balaban J connectivity index is 1.78. The van der Waals surface area contributed by atoms with Gasteiger partial charge in [0, 0.05) is 12.3 Å². The highest BCUT2D eigenvalue weighted by molar-refractivity contribution is 5.82. The van der Waals surface area contributed by atoms with Crippen molar-refractivity contribution in [1.29, 1.82) is 0 Å². The lowest BCUT2D eigenvalue weighted by atomic mass is 10.1. The van der Waals surface area contributed by atoms with Crippen molar-refractivity contribution in [2.75, 3.05) is 0 Å². The van der Waals surface area contributed by atoms with Crippen molar-refractivity contribution in [2.45, 2.75) is 20.0 Å². The van der Waals surface area contributed by atoms with Crippen LogP contribution in [0.25, 0.3) is 0 Å². The first kappa shape index (κ1) is 21.0. The zero-order chi connectivity index (χ0) is 21.9. The van der Waals surface area contributed by atoms with Crippen LogP contribution in [0.4, 0.5) is 24.5 Å². The molecule has 0 spiro atoms. The molecule has 5 nitrogen and oxygen atoms in total. The SMILES string of the molecule is Cc1ccc(N=Cc2ccc(Oc3ccc(C(F)(F)F)cc3[N+](=O)[O-])cc2)cc1C. The average Bonchev–Trinajstić information content (AvgIpc) is 2.69. The molecule has 30 heavy (non-hydrogen) atoms. The van der Waals surface area contributed by atoms with Gasteiger partial charge in [0.15, 0.2) is 0 Å². The quantitative estimate of drug-likeness (QED) is 0.263. The lowest BCUT2D eigenvalue weighted by Gasteiger charge is -2.10. The number of halogens is 3. The van der Waals surface area contributed by atoms with Crippen LogP contribution < -0.4 is 4.74 Å². The number of aryl methyl sites for hydroxylation is 2. The Bertz CT molecular complexity index is 1110. The van der Waals surface area contributed by atoms with E-state index in [9.17, 15) is 23.3 Å². The van der Waals surface area contributed by atoms with Crippen molar-refractivity contribution in [2.24, 2.45) is 4.99 Å². The third-order valence-electron chi connectivity index (χ3n) is 4.44. The summed E-state index contributed by atoms with van der Waals surface area (Å²) in [6, 6.07) is 14.5. The summed E-state index contributed by atoms with van der Waals surface area (Å²) < 4.78 is 43.8. The zero-order valence-electron chi connectivity index (χ0n) is 16.1. The van der Waals surface area contributed by atoms with E-state index in [-0.39, 0.29) is 11.5 Å². The van der Waals surface area contributed by atoms with E-state index in [2.05, 4.69) is 4.99 Å². The number of rotatable bonds is 5. The number of nitro benzene ring substituents is 1. The molecule has 154 valence electrons. The van der Waals surface area contributed by atoms with Crippen molar-refractivity contribution in [3.63, 3.8) is 0 Å². The molecule has 3 aromatic carbocycles. The predicted molar refractivity (Wildman–Crippen MR) is 108 cm³/mol. The van der Waals surface area contributed by atoms with Gasteiger partial charge in [-0.2, -0.15) is 13.2 Å². The van der Waals surface area contributed by atoms with Crippen LogP contribution in [0.1, 0.15) is 22.3 Å². The summed E-state index contributed by atoms with van der Waals surface area (Å²) >= 11 is 0. The fraction of sp³-hybridized carbons (Fsp3) is 0.136. The molecule has 3 rings (SSSR count). The normalized spacial score (nSPS) is 11.6. The van der Waals surface area contributed by atoms with Crippen LogP contribution in [-0.2, 0) is 6.18 Å². The summed E-state index contributed by atoms with van der Waals surface area (Å²) in [6.07, 6.45) is -3.02. The van der Waals surface area contributed by atoms with Crippen molar-refractivity contribution in [3.05, 3.63) is 93.0 Å². The minimum Gasteiger partial charge on any atom is -0.450 e. The first-order valence-electron chi connectivity index (χ1n) is 8.88. The van der Waals surface area contributed by atoms with Gasteiger partial charge in [0.25, 0.3) is 0 Å². The maximum absolute atomic E-state index is 12.8. The third kappa shape index (κ3) is 5.02. The van der Waals surface area contributed by atoms with Crippen molar-refractivity contribution < 1.29 is 22.8 Å². The Kier molecular flexibility index (Phi) is 5.86. The van der Waals surface area contributed by atoms with Gasteiger partial charge in [-0.1, -0.05) is 6.07 Å². The van der Waals surface area contributed by atoms with Gasteiger partial charge in [-0.15, -0.1) is 0 Å². The largest absolute Gasteiger partial charge is 0.450 e. The summed E-state index contributed by atoms with van der Waals surface area (Å²) in [4.78, 5) is 14.6. The summed E-state index contributed by atoms with van der Waals surface area (Å²) in [5.74, 6) is -0.0225. The van der Waals surface area contributed by atoms with Crippen LogP contribution in [0.15, 0.2) is 65.7 Å². The second-order valence-electron chi connectivity index (χ2n) is 6.64. The molecule has 0 aliphatic heterocycles. The monoisotopic (exact) mass is 414 g/mol. The van der Waals surface area contributed by atoms with Gasteiger partial charge in [-0.25, -0.2) is 0 Å². The number of alkyl halides is 3. The number of hydrogen-bond donors (Lipinski definition) is 0. The number of aliphatic imine (C=N–C) groups is 1. The van der Waals surface area contributed by atoms with E-state index < -0.39 is 22.4 Å². The fourth-order valence-corrected chi connectivity index (χ4v) is 2.63. The molecule has 0 fully saturated rings. The minimum atomic E-state index is -4.68. The van der Waals surface area contributed by atoms with Gasteiger partial charge in [-0.3, -0.25) is 15.1 Å². The van der Waals surface area contributed by atoms with E-state index in [0.717, 1.165) is 28.9 Å². The molecule has 0 N–H and O–H groups in total. The van der Waals surface area contributed by atoms with Gasteiger partial charge in [-0.05, 0) is 79.1 Å². The highest BCUT2D eigenvalue weighted by Crippen LogP contribution is 2.37. The average molecular weight is 414 g/mol. The Hall–Kier alpha value is -3.68. The van der Waals surface area contributed by atoms with Gasteiger partial charge >= 0.3 is 11.9 Å². The van der Waals surface area contributed by atoms with Crippen LogP contribution in [0, 0.1) is 24.0 Å². The van der Waals surface area contributed by atoms with E-state index in [1.54, 1.807) is 30.5 Å². The zero-order valence-corrected chi connectivity index (χ0v) is 16.1. The molecule has 8 heteroatoms. The number of nitro groups is 1. The van der Waals surface area contributed by atoms with Crippen molar-refractivity contribution in [3.8, 4) is 11.5 Å². The summed E-state index contributed by atoms with van der Waals surface area (Å²) in [6.45, 7) is 4.02. The predicted octanol–water partition coefficient (Wildman–Crippen LogP) is 6.77. The van der Waals surface area contributed by atoms with Gasteiger partial charge in [0.05, 0.1) is 16.2 Å². The molecular weight excluding hydrogens is 397 g/mol. The second kappa shape index (κ2) is 8.36. The van der Waals surface area contributed by atoms with Crippen LogP contribution >= 0.6 is 0 Å². The minimum absolute atomic E-state index is 0.251. The maximum Gasteiger partial charge on any atom is 0.416 e. The Morgan fingerprint density at radius 2 is 1.67 bits per heavy atom. The standard InChI is InChI=1S/C22H17F3N2O3/c1-14-3-7-18(11-15(14)2)26-13-16-4-8-19(9-5-16)30-21-10-6-17(22(23,24)25)12-20(21)27(28)29/h3-13H,1-2H3. The van der Waals surface area contributed by atoms with Crippen molar-refractivity contribution in [1.82, 2.24) is 0 Å². The highest BCUT2D eigenvalue weighted by Gasteiger charge is 2.33. The molecule has 0 bridgehead atoms. The molecule has 0 atom stereocenters. The van der Waals surface area contributed by atoms with Crippen molar-refractivity contribution >= 4 is 17.6 Å². The number of benzene rings is 3. The van der Waals surface area contributed by atoms with Crippen LogP contribution in [0.2, 0.25) is 0 Å². The van der Waals surface area contributed by atoms with E-state index >= 15 is 0 Å². The van der Waals surface area contributed by atoms with Gasteiger partial charge in [0.1, 0.15) is 5.75 Å². The lowest BCUT2D eigenvalue weighted by Crippen LogP contribution is -2.06. The third-order valence-corrected chi connectivity index (χ3v) is 4.44. The fourth-order valence-electron chi connectivity index (χ4n) is 2.63. The van der Waals surface area contributed by atoms with Crippen LogP contribution in [0.3, 0.4) is 0 Å². The smallest absolute Gasteiger partial charge is 0.416 e. The Labute approximate surface area is 170 Å². The maximum atomic E-state index is 12.8. The molecule has 0 amide bonds. The number of nitrogens with zero attached hydrogens (tertiary/aromatic N) is 2. The van der Waals surface area contributed by atoms with E-state index in [0.29, 0.717) is 6.07 Å². The second-order valence-corrected chi connectivity index (χ2v) is 6.64. The van der Waals surface area contributed by atoms with Crippen LogP contribution in [-0.4, -0.2) is 11.1 Å². The Morgan fingerprint density at radius 1 is 0.967 bits per heavy atom. The topological polar surface area (TPSA) is 64.7 Å². The molecule has 0 radical (unpaired) electrons. The Morgan fingerprint density at radius 3 is 2.27 bits per heavy atom. The molecule has 3 aromatic rings. The molecule has 0 aromatic heterocycles. The first-order chi connectivity index (χ1) is 14.1. The molecule has 0 saturated heterocycles. The molecular formula is C22H17F3N2O3. The summed E-state index contributed by atoms with van der Waals surface area (Å²) in [7, 11) is 0. The summed E-state index contributed by atoms with van der Waals surface area (Å²) in [5.41, 5.74) is 2.00. The first-order valence-corrected chi connectivity index (χ1v) is 8.88. The highest BCUT2D eigenvalue weighted by atomic mass is 19.4. The molecule has 0 aliphatic rings. The molecule has 0 unspecified atom stereocenters. The number of ether oxygens (including phenoxy) is 1. The summed E-state index contributed by atoms with van der Waals surface area (Å²) in [5, 5.41) is 11.2. The molecule has 0 aliphatic carbocycles. The number of hydrogen-bond acceptors (Lipinski definition) is 4.